The molecular weight excluding hydrogens is 358 g/mol. The summed E-state index contributed by atoms with van der Waals surface area (Å²) >= 11 is 0. The number of rotatable bonds is 2. The van der Waals surface area contributed by atoms with Crippen LogP contribution in [0.2, 0.25) is 0 Å². The predicted octanol–water partition coefficient (Wildman–Crippen LogP) is 4.95. The molecule has 0 N–H and O–H groups in total. The third-order valence-electron chi connectivity index (χ3n) is 3.96. The molecule has 0 atom stereocenters. The fraction of sp³-hybridized carbons (Fsp3) is 0.0500. The fourth-order valence-corrected chi connectivity index (χ4v) is 5.04. The quantitative estimate of drug-likeness (QED) is 0.369. The lowest BCUT2D eigenvalue weighted by molar-refractivity contribution is 0.0600. The fourth-order valence-electron chi connectivity index (χ4n) is 2.82. The Hall–Kier alpha value is -2.86. The summed E-state index contributed by atoms with van der Waals surface area (Å²) in [5, 5.41) is 0. The van der Waals surface area contributed by atoms with E-state index in [0.717, 1.165) is 14.7 Å². The first-order chi connectivity index (χ1) is 12.6. The van der Waals surface area contributed by atoms with Crippen molar-refractivity contribution in [2.24, 2.45) is 0 Å². The number of halogens is 2. The summed E-state index contributed by atoms with van der Waals surface area (Å²) in [5.41, 5.74) is 0.413. The zero-order valence-electron chi connectivity index (χ0n) is 13.7. The van der Waals surface area contributed by atoms with Crippen LogP contribution in [-0.2, 0) is 15.6 Å². The Morgan fingerprint density at radius 2 is 1.54 bits per heavy atom. The second-order valence-electron chi connectivity index (χ2n) is 5.61. The number of carbonyl (C=O) groups is 1. The van der Waals surface area contributed by atoms with Crippen molar-refractivity contribution in [3.8, 4) is 11.5 Å². The van der Waals surface area contributed by atoms with E-state index >= 15 is 0 Å². The van der Waals surface area contributed by atoms with Crippen LogP contribution in [0.5, 0.6) is 11.5 Å². The Labute approximate surface area is 151 Å². The Kier molecular flexibility index (Phi) is 4.12. The highest BCUT2D eigenvalue weighted by atomic mass is 32.2. The van der Waals surface area contributed by atoms with Gasteiger partial charge in [-0.05, 0) is 24.3 Å². The van der Waals surface area contributed by atoms with Gasteiger partial charge in [0.15, 0.2) is 16.4 Å². The highest BCUT2D eigenvalue weighted by Gasteiger charge is 2.40. The maximum Gasteiger partial charge on any atom is 0.338 e. The third-order valence-corrected chi connectivity index (χ3v) is 6.24. The molecule has 1 aliphatic heterocycles. The SMILES string of the molecule is COC(=O)c1cccc([S+]2c3ccc(F)cc3Oc3cc(F)ccc32)c1. The van der Waals surface area contributed by atoms with Gasteiger partial charge in [0.25, 0.3) is 0 Å². The van der Waals surface area contributed by atoms with Gasteiger partial charge in [-0.3, -0.25) is 0 Å². The van der Waals surface area contributed by atoms with Crippen LogP contribution in [-0.4, -0.2) is 13.1 Å². The monoisotopic (exact) mass is 371 g/mol. The van der Waals surface area contributed by atoms with E-state index in [1.54, 1.807) is 30.3 Å². The van der Waals surface area contributed by atoms with Crippen molar-refractivity contribution in [3.05, 3.63) is 77.9 Å². The summed E-state index contributed by atoms with van der Waals surface area (Å²) in [4.78, 5) is 14.3. The number of carbonyl (C=O) groups excluding carboxylic acids is 1. The Balaban J connectivity index is 1.92. The zero-order valence-corrected chi connectivity index (χ0v) is 14.5. The molecule has 3 aromatic carbocycles. The number of fused-ring (bicyclic) bond motifs is 2. The zero-order chi connectivity index (χ0) is 18.3. The molecule has 130 valence electrons. The first-order valence-electron chi connectivity index (χ1n) is 7.76. The van der Waals surface area contributed by atoms with Gasteiger partial charge in [0.05, 0.1) is 12.7 Å². The maximum atomic E-state index is 13.7. The van der Waals surface area contributed by atoms with Crippen LogP contribution in [0.25, 0.3) is 0 Å². The Bertz CT molecular complexity index is 968. The number of ether oxygens (including phenoxy) is 2. The minimum atomic E-state index is -0.669. The van der Waals surface area contributed by atoms with Gasteiger partial charge >= 0.3 is 5.97 Å². The summed E-state index contributed by atoms with van der Waals surface area (Å²) in [6.45, 7) is 0. The van der Waals surface area contributed by atoms with E-state index in [1.807, 2.05) is 6.07 Å². The maximum absolute atomic E-state index is 13.7. The van der Waals surface area contributed by atoms with Gasteiger partial charge < -0.3 is 9.47 Å². The van der Waals surface area contributed by atoms with Gasteiger partial charge in [-0.1, -0.05) is 6.07 Å². The van der Waals surface area contributed by atoms with E-state index < -0.39 is 28.5 Å². The van der Waals surface area contributed by atoms with Gasteiger partial charge in [0, 0.05) is 30.3 Å². The second-order valence-corrected chi connectivity index (χ2v) is 7.57. The van der Waals surface area contributed by atoms with Gasteiger partial charge in [0.1, 0.15) is 22.5 Å². The molecule has 26 heavy (non-hydrogen) atoms. The molecule has 0 amide bonds. The summed E-state index contributed by atoms with van der Waals surface area (Å²) < 4.78 is 37.9. The lowest BCUT2D eigenvalue weighted by Gasteiger charge is -2.20. The molecule has 0 saturated carbocycles. The second kappa shape index (κ2) is 6.46. The van der Waals surface area contributed by atoms with Crippen LogP contribution in [0.4, 0.5) is 8.78 Å². The minimum Gasteiger partial charge on any atom is -0.465 e. The molecule has 0 fully saturated rings. The minimum absolute atomic E-state index is 0.343. The van der Waals surface area contributed by atoms with Crippen molar-refractivity contribution in [3.63, 3.8) is 0 Å². The molecule has 1 heterocycles. The highest BCUT2D eigenvalue weighted by Crippen LogP contribution is 2.47. The molecule has 0 radical (unpaired) electrons. The number of methoxy groups -OCH3 is 1. The van der Waals surface area contributed by atoms with Gasteiger partial charge in [-0.2, -0.15) is 0 Å². The van der Waals surface area contributed by atoms with E-state index in [-0.39, 0.29) is 0 Å². The smallest absolute Gasteiger partial charge is 0.338 e. The molecule has 0 bridgehead atoms. The molecule has 1 aliphatic rings. The molecule has 3 aromatic rings. The molecule has 0 saturated heterocycles. The number of esters is 1. The lowest BCUT2D eigenvalue weighted by atomic mass is 10.2. The van der Waals surface area contributed by atoms with Gasteiger partial charge in [-0.15, -0.1) is 0 Å². The molecule has 0 unspecified atom stereocenters. The Morgan fingerprint density at radius 1 is 0.923 bits per heavy atom. The van der Waals surface area contributed by atoms with E-state index in [0.29, 0.717) is 17.1 Å². The van der Waals surface area contributed by atoms with Crippen LogP contribution >= 0.6 is 0 Å². The van der Waals surface area contributed by atoms with Crippen LogP contribution in [0, 0.1) is 11.6 Å². The number of benzene rings is 3. The van der Waals surface area contributed by atoms with Crippen LogP contribution in [0.3, 0.4) is 0 Å². The third kappa shape index (κ3) is 2.82. The first-order valence-corrected chi connectivity index (χ1v) is 8.99. The van der Waals surface area contributed by atoms with E-state index in [1.165, 1.54) is 31.4 Å². The summed E-state index contributed by atoms with van der Waals surface area (Å²) in [6, 6.07) is 15.6. The van der Waals surface area contributed by atoms with Crippen molar-refractivity contribution < 1.29 is 23.0 Å². The topological polar surface area (TPSA) is 35.5 Å². The molecule has 4 rings (SSSR count). The largest absolute Gasteiger partial charge is 0.465 e. The Morgan fingerprint density at radius 3 is 2.12 bits per heavy atom. The van der Waals surface area contributed by atoms with E-state index in [4.69, 9.17) is 9.47 Å². The van der Waals surface area contributed by atoms with Gasteiger partial charge in [0.2, 0.25) is 9.79 Å². The summed E-state index contributed by atoms with van der Waals surface area (Å²) in [6.07, 6.45) is 0. The van der Waals surface area contributed by atoms with E-state index in [2.05, 4.69) is 0 Å². The van der Waals surface area contributed by atoms with Crippen molar-refractivity contribution in [2.45, 2.75) is 14.7 Å². The van der Waals surface area contributed by atoms with Crippen LogP contribution in [0.1, 0.15) is 10.4 Å². The molecule has 3 nitrogen and oxygen atoms in total. The highest BCUT2D eigenvalue weighted by molar-refractivity contribution is 7.97. The first kappa shape index (κ1) is 16.6. The van der Waals surface area contributed by atoms with Crippen LogP contribution in [0.15, 0.2) is 75.4 Å². The average molecular weight is 371 g/mol. The van der Waals surface area contributed by atoms with Crippen molar-refractivity contribution in [2.75, 3.05) is 7.11 Å². The standard InChI is InChI=1S/C20H13F2O3S/c1-24-20(23)12-3-2-4-15(9-12)26-18-7-5-13(21)10-16(18)25-17-11-14(22)6-8-19(17)26/h2-11H,1H3/q+1. The summed E-state index contributed by atoms with van der Waals surface area (Å²) in [7, 11) is 0.652. The van der Waals surface area contributed by atoms with Crippen molar-refractivity contribution in [1.82, 2.24) is 0 Å². The average Bonchev–Trinajstić information content (AvgIpc) is 2.65. The lowest BCUT2D eigenvalue weighted by Crippen LogP contribution is -2.14. The van der Waals surface area contributed by atoms with Crippen molar-refractivity contribution >= 4 is 16.9 Å². The molecule has 0 aliphatic carbocycles. The molecule has 0 aromatic heterocycles. The van der Waals surface area contributed by atoms with E-state index in [9.17, 15) is 13.6 Å². The number of hydrogen-bond acceptors (Lipinski definition) is 3. The molecule has 0 spiro atoms. The summed E-state index contributed by atoms with van der Waals surface area (Å²) in [5.74, 6) is -0.627. The predicted molar refractivity (Wildman–Crippen MR) is 92.8 cm³/mol. The number of hydrogen-bond donors (Lipinski definition) is 0. The normalized spacial score (nSPS) is 12.7. The molecule has 6 heteroatoms. The molecular formula is C20H13F2O3S+. The van der Waals surface area contributed by atoms with Gasteiger partial charge in [-0.25, -0.2) is 13.6 Å². The van der Waals surface area contributed by atoms with Crippen LogP contribution < -0.4 is 4.74 Å². The van der Waals surface area contributed by atoms with Crippen molar-refractivity contribution in [1.29, 1.82) is 0 Å².